The molecule has 37 heavy (non-hydrogen) atoms. The molecular formula is C31H31NO5. The van der Waals surface area contributed by atoms with Crippen molar-refractivity contribution in [3.63, 3.8) is 0 Å². The lowest BCUT2D eigenvalue weighted by Crippen LogP contribution is -2.31. The van der Waals surface area contributed by atoms with E-state index < -0.39 is 17.7 Å². The summed E-state index contributed by atoms with van der Waals surface area (Å²) < 4.78 is 11.6. The summed E-state index contributed by atoms with van der Waals surface area (Å²) in [6.07, 6.45) is 2.23. The van der Waals surface area contributed by atoms with Crippen LogP contribution in [0, 0.1) is 0 Å². The first-order chi connectivity index (χ1) is 18.0. The molecule has 0 radical (unpaired) electrons. The summed E-state index contributed by atoms with van der Waals surface area (Å²) in [4.78, 5) is 28.3. The first-order valence-corrected chi connectivity index (χ1v) is 12.8. The molecule has 2 aliphatic heterocycles. The quantitative estimate of drug-likeness (QED) is 0.254. The molecule has 2 heterocycles. The summed E-state index contributed by atoms with van der Waals surface area (Å²) in [5.74, 6) is -0.0184. The van der Waals surface area contributed by atoms with E-state index in [4.69, 9.17) is 9.47 Å². The number of Topliss-reactive ketones (excluding diaryl/α,β-unsaturated/α-hetero) is 1. The smallest absolute Gasteiger partial charge is 0.295 e. The van der Waals surface area contributed by atoms with Crippen molar-refractivity contribution in [3.8, 4) is 11.5 Å². The Morgan fingerprint density at radius 3 is 2.65 bits per heavy atom. The normalized spacial score (nSPS) is 20.1. The summed E-state index contributed by atoms with van der Waals surface area (Å²) in [5, 5.41) is 11.5. The van der Waals surface area contributed by atoms with E-state index in [0.717, 1.165) is 35.3 Å². The van der Waals surface area contributed by atoms with Crippen molar-refractivity contribution in [1.29, 1.82) is 0 Å². The van der Waals surface area contributed by atoms with Crippen LogP contribution in [0.15, 0.2) is 78.4 Å². The number of rotatable bonds is 8. The third-order valence-electron chi connectivity index (χ3n) is 6.84. The molecular weight excluding hydrogens is 466 g/mol. The van der Waals surface area contributed by atoms with Gasteiger partial charge in [-0.2, -0.15) is 0 Å². The molecule has 1 N–H and O–H groups in total. The van der Waals surface area contributed by atoms with Gasteiger partial charge in [0.25, 0.3) is 11.7 Å². The van der Waals surface area contributed by atoms with E-state index in [-0.39, 0.29) is 17.4 Å². The summed E-state index contributed by atoms with van der Waals surface area (Å²) in [7, 11) is 0. The van der Waals surface area contributed by atoms with Gasteiger partial charge in [0, 0.05) is 18.5 Å². The Morgan fingerprint density at radius 2 is 1.86 bits per heavy atom. The maximum absolute atomic E-state index is 13.4. The first kappa shape index (κ1) is 24.6. The number of aliphatic hydroxyl groups excluding tert-OH is 1. The van der Waals surface area contributed by atoms with E-state index in [9.17, 15) is 14.7 Å². The number of nitrogens with zero attached hydrogens (tertiary/aromatic N) is 1. The Hall–Kier alpha value is -4.06. The van der Waals surface area contributed by atoms with Crippen LogP contribution in [-0.4, -0.2) is 41.0 Å². The van der Waals surface area contributed by atoms with Crippen molar-refractivity contribution in [2.75, 3.05) is 13.2 Å². The second-order valence-corrected chi connectivity index (χ2v) is 9.60. The molecule has 1 amide bonds. The summed E-state index contributed by atoms with van der Waals surface area (Å²) >= 11 is 0. The Kier molecular flexibility index (Phi) is 6.99. The average molecular weight is 498 g/mol. The zero-order valence-corrected chi connectivity index (χ0v) is 21.1. The third-order valence-corrected chi connectivity index (χ3v) is 6.84. The van der Waals surface area contributed by atoms with Crippen molar-refractivity contribution < 1.29 is 24.2 Å². The van der Waals surface area contributed by atoms with Crippen LogP contribution in [-0.2, 0) is 22.4 Å². The molecule has 1 saturated heterocycles. The monoisotopic (exact) mass is 497 g/mol. The minimum Gasteiger partial charge on any atom is -0.507 e. The predicted octanol–water partition coefficient (Wildman–Crippen LogP) is 5.46. The van der Waals surface area contributed by atoms with Crippen molar-refractivity contribution >= 4 is 17.4 Å². The lowest BCUT2D eigenvalue weighted by molar-refractivity contribution is -0.139. The van der Waals surface area contributed by atoms with Crippen molar-refractivity contribution in [2.24, 2.45) is 0 Å². The van der Waals surface area contributed by atoms with E-state index in [2.05, 4.69) is 0 Å². The molecule has 0 bridgehead atoms. The van der Waals surface area contributed by atoms with Crippen molar-refractivity contribution in [1.82, 2.24) is 4.90 Å². The Bertz CT molecular complexity index is 1350. The molecule has 0 aromatic heterocycles. The van der Waals surface area contributed by atoms with Crippen molar-refractivity contribution in [2.45, 2.75) is 45.3 Å². The summed E-state index contributed by atoms with van der Waals surface area (Å²) in [5.41, 5.74) is 3.36. The van der Waals surface area contributed by atoms with Crippen LogP contribution in [0.25, 0.3) is 5.76 Å². The first-order valence-electron chi connectivity index (χ1n) is 12.8. The van der Waals surface area contributed by atoms with Gasteiger partial charge in [-0.3, -0.25) is 9.59 Å². The highest BCUT2D eigenvalue weighted by molar-refractivity contribution is 6.46. The maximum atomic E-state index is 13.4. The number of benzene rings is 3. The SMILES string of the molecule is CCCOc1cccc([C@H]2/C(=C(\O)c3ccc4c(c3)C[C@H](C)O4)C(=O)C(=O)N2CCc2ccccc2)c1. The number of amides is 1. The van der Waals surface area contributed by atoms with Gasteiger partial charge in [0.2, 0.25) is 0 Å². The second-order valence-electron chi connectivity index (χ2n) is 9.60. The standard InChI is InChI=1S/C31H31NO5/c1-3-16-36-25-11-7-10-22(19-25)28-27(29(33)23-12-13-26-24(18-23)17-20(2)37-26)30(34)31(35)32(28)15-14-21-8-5-4-6-9-21/h4-13,18-20,28,33H,3,14-17H2,1-2H3/b29-27+/t20-,28-/m0/s1. The van der Waals surface area contributed by atoms with Gasteiger partial charge in [-0.05, 0) is 66.8 Å². The number of fused-ring (bicyclic) bond motifs is 1. The highest BCUT2D eigenvalue weighted by Crippen LogP contribution is 2.41. The van der Waals surface area contributed by atoms with Crippen LogP contribution in [0.3, 0.4) is 0 Å². The van der Waals surface area contributed by atoms with Gasteiger partial charge in [-0.1, -0.05) is 49.4 Å². The van der Waals surface area contributed by atoms with Gasteiger partial charge in [-0.25, -0.2) is 0 Å². The predicted molar refractivity (Wildman–Crippen MR) is 142 cm³/mol. The van der Waals surface area contributed by atoms with Gasteiger partial charge >= 0.3 is 0 Å². The van der Waals surface area contributed by atoms with Gasteiger partial charge in [-0.15, -0.1) is 0 Å². The van der Waals surface area contributed by atoms with Crippen LogP contribution >= 0.6 is 0 Å². The molecule has 6 heteroatoms. The highest BCUT2D eigenvalue weighted by atomic mass is 16.5. The van der Waals surface area contributed by atoms with Gasteiger partial charge in [0.05, 0.1) is 18.2 Å². The van der Waals surface area contributed by atoms with E-state index in [1.54, 1.807) is 11.0 Å². The van der Waals surface area contributed by atoms with E-state index in [1.165, 1.54) is 0 Å². The topological polar surface area (TPSA) is 76.1 Å². The summed E-state index contributed by atoms with van der Waals surface area (Å²) in [6, 6.07) is 22.0. The van der Waals surface area contributed by atoms with Crippen LogP contribution in [0.4, 0.5) is 0 Å². The fraction of sp³-hybridized carbons (Fsp3) is 0.290. The molecule has 0 spiro atoms. The number of carbonyl (C=O) groups is 2. The largest absolute Gasteiger partial charge is 0.507 e. The number of likely N-dealkylation sites (tertiary alicyclic amines) is 1. The molecule has 3 aromatic rings. The number of hydrogen-bond donors (Lipinski definition) is 1. The molecule has 190 valence electrons. The Balaban J connectivity index is 1.57. The number of ketones is 1. The zero-order valence-electron chi connectivity index (χ0n) is 21.1. The Labute approximate surface area is 217 Å². The zero-order chi connectivity index (χ0) is 25.9. The molecule has 5 rings (SSSR count). The molecule has 0 aliphatic carbocycles. The fourth-order valence-corrected chi connectivity index (χ4v) is 5.07. The molecule has 3 aromatic carbocycles. The number of hydrogen-bond acceptors (Lipinski definition) is 5. The van der Waals surface area contributed by atoms with Crippen molar-refractivity contribution in [3.05, 3.63) is 101 Å². The van der Waals surface area contributed by atoms with E-state index in [1.807, 2.05) is 80.6 Å². The number of carbonyl (C=O) groups excluding carboxylic acids is 2. The average Bonchev–Trinajstić information content (AvgIpc) is 3.41. The molecule has 6 nitrogen and oxygen atoms in total. The molecule has 0 saturated carbocycles. The lowest BCUT2D eigenvalue weighted by Gasteiger charge is -2.26. The van der Waals surface area contributed by atoms with Crippen LogP contribution in [0.5, 0.6) is 11.5 Å². The third kappa shape index (κ3) is 4.96. The minimum atomic E-state index is -0.725. The van der Waals surface area contributed by atoms with Gasteiger partial charge < -0.3 is 19.5 Å². The lowest BCUT2D eigenvalue weighted by atomic mass is 9.94. The molecule has 0 unspecified atom stereocenters. The molecule has 2 aliphatic rings. The van der Waals surface area contributed by atoms with E-state index >= 15 is 0 Å². The molecule has 1 fully saturated rings. The van der Waals surface area contributed by atoms with Crippen LogP contribution in [0.2, 0.25) is 0 Å². The highest BCUT2D eigenvalue weighted by Gasteiger charge is 2.46. The maximum Gasteiger partial charge on any atom is 0.295 e. The molecule has 2 atom stereocenters. The Morgan fingerprint density at radius 1 is 1.05 bits per heavy atom. The van der Waals surface area contributed by atoms with Gasteiger partial charge in [0.15, 0.2) is 0 Å². The summed E-state index contributed by atoms with van der Waals surface area (Å²) in [6.45, 7) is 4.93. The van der Waals surface area contributed by atoms with E-state index in [0.29, 0.717) is 30.9 Å². The number of aliphatic hydroxyl groups is 1. The van der Waals surface area contributed by atoms with Crippen LogP contribution in [0.1, 0.15) is 48.6 Å². The number of ether oxygens (including phenoxy) is 2. The minimum absolute atomic E-state index is 0.0572. The fourth-order valence-electron chi connectivity index (χ4n) is 5.07. The second kappa shape index (κ2) is 10.5. The van der Waals surface area contributed by atoms with Crippen LogP contribution < -0.4 is 9.47 Å². The van der Waals surface area contributed by atoms with Gasteiger partial charge in [0.1, 0.15) is 23.4 Å².